The number of hydrogen-bond acceptors (Lipinski definition) is 13. The quantitative estimate of drug-likeness (QED) is 0.0444. The van der Waals surface area contributed by atoms with E-state index in [1.807, 2.05) is 176 Å². The number of halogens is 3. The predicted molar refractivity (Wildman–Crippen MR) is 390 cm³/mol. The molecule has 0 atom stereocenters. The van der Waals surface area contributed by atoms with Crippen LogP contribution in [0.25, 0.3) is 56.2 Å². The van der Waals surface area contributed by atoms with Crippen molar-refractivity contribution in [2.75, 3.05) is 0 Å². The molecule has 101 heavy (non-hydrogen) atoms. The van der Waals surface area contributed by atoms with E-state index < -0.39 is 0 Å². The molecule has 0 spiro atoms. The number of para-hydroxylation sites is 6. The summed E-state index contributed by atoms with van der Waals surface area (Å²) in [6.07, 6.45) is 3.52. The van der Waals surface area contributed by atoms with Gasteiger partial charge >= 0.3 is 103 Å². The number of fused-ring (bicyclic) bond motifs is 2. The van der Waals surface area contributed by atoms with E-state index in [1.54, 1.807) is 60.9 Å². The molecule has 0 saturated carbocycles. The van der Waals surface area contributed by atoms with Gasteiger partial charge in [-0.1, -0.05) is 114 Å². The summed E-state index contributed by atoms with van der Waals surface area (Å²) in [5.74, 6) is 7.66. The predicted octanol–water partition coefficient (Wildman–Crippen LogP) is 15.3. The Morgan fingerprint density at radius 3 is 1.16 bits per heavy atom. The Hall–Kier alpha value is -8.17. The van der Waals surface area contributed by atoms with E-state index in [-0.39, 0.29) is 133 Å². The van der Waals surface area contributed by atoms with Crippen molar-refractivity contribution in [2.24, 2.45) is 0 Å². The Balaban J connectivity index is 0.000000203. The van der Waals surface area contributed by atoms with Gasteiger partial charge in [-0.3, -0.25) is 13.9 Å². The molecule has 0 aliphatic carbocycles. The zero-order valence-corrected chi connectivity index (χ0v) is 66.1. The van der Waals surface area contributed by atoms with E-state index in [2.05, 4.69) is 134 Å². The number of nitrogens with zero attached hydrogens (tertiary/aromatic N) is 6. The minimum atomic E-state index is -0.368. The molecule has 0 amide bonds. The molecule has 15 nitrogen and oxygen atoms in total. The standard InChI is InChI=1S/C40H32BrN3O3.C21H19BrFNO2.C19H14N2O.CH2O3.2K.H/c1-40(2,3)28-24-25-42-37(26-28)47-32-22-20-31(21-23-32)46-36-15-9-14-35(38(36)41)45-30-18-16-27(17-19-30)39-43-33-12-7-8-13-34(33)44(39)29-10-5-4-6-11-29;1-21(2,3)14-11-12-24-19(13-14)26-16-9-7-15(8-10-16)25-18-6-4-5-17(23)20(18)22;22-16-12-10-14(11-13-16)19-20-17-8-4-5-9-18(17)21(19)15-6-2-1-3-7-15;2-1-4-3;;;/h4-26H,1-3H3;4-13H,1-3H3;1-13,22H;1,3H;;;/q;;;;2*+1;-1/p-1. The SMILES string of the molecule is CC(C)(C)c1ccnc(Oc2ccc(Oc3cccc(F)c3Br)cc2)c1.CC(C)(C)c1ccnc(Oc2ccc(Oc3cccc(Oc4ccc(-c5nc6ccccc6n5-c5ccccc5)cc4)c3Br)cc2)c1.O=CO[O-].Oc1ccc(-c2nc3ccccc3n2-c2ccccc2)cc1.[H-].[K+].[K+]. The smallest absolute Gasteiger partial charge is 1.00 e. The monoisotopic (exact) mass is 1520 g/mol. The van der Waals surface area contributed by atoms with E-state index in [0.29, 0.717) is 66.7 Å². The number of pyridine rings is 2. The molecule has 4 heterocycles. The van der Waals surface area contributed by atoms with Gasteiger partial charge in [0.1, 0.15) is 73.7 Å². The number of rotatable bonds is 15. The molecule has 1 N–H and O–H groups in total. The number of ether oxygens (including phenoxy) is 5. The Morgan fingerprint density at radius 1 is 0.436 bits per heavy atom. The molecule has 0 saturated heterocycles. The van der Waals surface area contributed by atoms with Crippen molar-refractivity contribution in [3.63, 3.8) is 0 Å². The fourth-order valence-corrected chi connectivity index (χ4v) is 11.0. The average molecular weight is 1530 g/mol. The van der Waals surface area contributed by atoms with Crippen LogP contribution in [0.2, 0.25) is 0 Å². The van der Waals surface area contributed by atoms with Crippen molar-refractivity contribution < 1.29 is 152 Å². The first-order valence-corrected chi connectivity index (χ1v) is 32.9. The number of aromatic hydroxyl groups is 1. The summed E-state index contributed by atoms with van der Waals surface area (Å²) in [5.41, 5.74) is 10.4. The molecule has 14 rings (SSSR count). The number of imidazole rings is 2. The van der Waals surface area contributed by atoms with Crippen LogP contribution in [0.4, 0.5) is 4.39 Å². The van der Waals surface area contributed by atoms with Gasteiger partial charge in [-0.25, -0.2) is 24.3 Å². The van der Waals surface area contributed by atoms with Crippen molar-refractivity contribution in [1.82, 2.24) is 29.1 Å². The molecule has 14 aromatic rings. The summed E-state index contributed by atoms with van der Waals surface area (Å²) in [6.45, 7) is 12.7. The summed E-state index contributed by atoms with van der Waals surface area (Å²) in [5, 5.41) is 17.9. The summed E-state index contributed by atoms with van der Waals surface area (Å²) >= 11 is 6.87. The molecule has 498 valence electrons. The van der Waals surface area contributed by atoms with Gasteiger partial charge in [0.2, 0.25) is 11.8 Å². The molecule has 0 unspecified atom stereocenters. The Kier molecular flexibility index (Phi) is 27.5. The largest absolute Gasteiger partial charge is 1.00 e. The first-order valence-electron chi connectivity index (χ1n) is 31.3. The first-order chi connectivity index (χ1) is 47.9. The van der Waals surface area contributed by atoms with E-state index in [0.717, 1.165) is 67.3 Å². The Bertz CT molecular complexity index is 5030. The van der Waals surface area contributed by atoms with Crippen LogP contribution >= 0.6 is 31.9 Å². The van der Waals surface area contributed by atoms with Gasteiger partial charge in [0, 0.05) is 47.0 Å². The molecular formula is C81H67Br2FK2N6O9. The van der Waals surface area contributed by atoms with Crippen LogP contribution in [0.15, 0.2) is 288 Å². The summed E-state index contributed by atoms with van der Waals surface area (Å²) in [6, 6.07) is 84.6. The number of hydrogen-bond donors (Lipinski definition) is 1. The van der Waals surface area contributed by atoms with Crippen LogP contribution in [-0.4, -0.2) is 40.6 Å². The molecule has 0 radical (unpaired) electrons. The first kappa shape index (κ1) is 77.0. The number of phenolic OH excluding ortho intramolecular Hbond substituents is 1. The summed E-state index contributed by atoms with van der Waals surface area (Å²) in [4.78, 5) is 29.6. The van der Waals surface area contributed by atoms with Gasteiger partial charge in [-0.15, -0.1) is 0 Å². The van der Waals surface area contributed by atoms with Crippen molar-refractivity contribution in [3.8, 4) is 97.7 Å². The third-order valence-corrected chi connectivity index (χ3v) is 16.8. The second kappa shape index (κ2) is 36.1. The van der Waals surface area contributed by atoms with Crippen LogP contribution in [-0.2, 0) is 20.5 Å². The summed E-state index contributed by atoms with van der Waals surface area (Å²) in [7, 11) is 0. The number of carbonyl (C=O) groups excluding carboxylic acids is 1. The van der Waals surface area contributed by atoms with Gasteiger partial charge in [0.25, 0.3) is 6.47 Å². The fourth-order valence-electron chi connectivity index (χ4n) is 10.2. The van der Waals surface area contributed by atoms with Crippen LogP contribution < -0.4 is 132 Å². The van der Waals surface area contributed by atoms with E-state index in [9.17, 15) is 9.50 Å². The molecule has 0 aliphatic heterocycles. The van der Waals surface area contributed by atoms with Gasteiger partial charge in [-0.2, -0.15) is 0 Å². The number of aromatic nitrogens is 6. The maximum absolute atomic E-state index is 13.6. The molecule has 0 bridgehead atoms. The minimum Gasteiger partial charge on any atom is -1.00 e. The molecule has 0 fully saturated rings. The molecule has 20 heteroatoms. The second-order valence-corrected chi connectivity index (χ2v) is 25.9. The number of benzene rings is 10. The summed E-state index contributed by atoms with van der Waals surface area (Å²) < 4.78 is 48.9. The van der Waals surface area contributed by atoms with Gasteiger partial charge in [0.05, 0.1) is 26.5 Å². The zero-order valence-electron chi connectivity index (χ0n) is 57.7. The fraction of sp³-hybridized carbons (Fsp3) is 0.0988. The maximum Gasteiger partial charge on any atom is 1.00 e. The van der Waals surface area contributed by atoms with Crippen LogP contribution in [0, 0.1) is 5.82 Å². The molecule has 0 aliphatic rings. The normalized spacial score (nSPS) is 10.8. The van der Waals surface area contributed by atoms with E-state index in [1.165, 1.54) is 6.07 Å². The topological polar surface area (TPSA) is 177 Å². The number of carbonyl (C=O) groups is 1. The van der Waals surface area contributed by atoms with Crippen LogP contribution in [0.5, 0.6) is 63.5 Å². The van der Waals surface area contributed by atoms with Crippen molar-refractivity contribution in [3.05, 3.63) is 305 Å². The van der Waals surface area contributed by atoms with Crippen LogP contribution in [0.1, 0.15) is 54.1 Å². The van der Waals surface area contributed by atoms with E-state index in [4.69, 9.17) is 43.7 Å². The van der Waals surface area contributed by atoms with Crippen molar-refractivity contribution >= 4 is 60.4 Å². The molecule has 4 aromatic heterocycles. The molecular weight excluding hydrogens is 1460 g/mol. The zero-order chi connectivity index (χ0) is 69.5. The second-order valence-electron chi connectivity index (χ2n) is 24.3. The van der Waals surface area contributed by atoms with Gasteiger partial charge in [-0.05, 0) is 236 Å². The number of phenols is 1. The maximum atomic E-state index is 13.6. The van der Waals surface area contributed by atoms with Crippen molar-refractivity contribution in [2.45, 2.75) is 52.4 Å². The average Bonchev–Trinajstić information content (AvgIpc) is 1.63. The van der Waals surface area contributed by atoms with Gasteiger partial charge in [0.15, 0.2) is 0 Å². The van der Waals surface area contributed by atoms with Crippen molar-refractivity contribution in [1.29, 1.82) is 0 Å². The Labute approximate surface area is 688 Å². The third-order valence-electron chi connectivity index (χ3n) is 15.2. The Morgan fingerprint density at radius 2 is 0.772 bits per heavy atom. The van der Waals surface area contributed by atoms with E-state index >= 15 is 0 Å². The van der Waals surface area contributed by atoms with Gasteiger partial charge < -0.3 is 40.4 Å². The molecule has 10 aromatic carbocycles. The third kappa shape index (κ3) is 20.3. The minimum absolute atomic E-state index is 0. The van der Waals surface area contributed by atoms with Crippen LogP contribution in [0.3, 0.4) is 0 Å².